The van der Waals surface area contributed by atoms with Crippen molar-refractivity contribution in [3.63, 3.8) is 0 Å². The molecule has 1 aromatic rings. The Morgan fingerprint density at radius 1 is 1.23 bits per heavy atom. The fourth-order valence-corrected chi connectivity index (χ4v) is 2.49. The van der Waals surface area contributed by atoms with Gasteiger partial charge in [-0.05, 0) is 31.5 Å². The number of carbonyl (C=O) groups is 3. The first-order valence-corrected chi connectivity index (χ1v) is 7.19. The summed E-state index contributed by atoms with van der Waals surface area (Å²) in [5.41, 5.74) is 0.596. The van der Waals surface area contributed by atoms with E-state index < -0.39 is 23.9 Å². The molecule has 1 atom stereocenters. The summed E-state index contributed by atoms with van der Waals surface area (Å²) in [5, 5.41) is 13.8. The number of likely N-dealkylation sites (tertiary alicyclic amines) is 1. The minimum absolute atomic E-state index is 0.0893. The zero-order chi connectivity index (χ0) is 15.9. The average molecular weight is 305 g/mol. The second-order valence-corrected chi connectivity index (χ2v) is 5.15. The van der Waals surface area contributed by atoms with E-state index in [2.05, 4.69) is 10.6 Å². The number of carboxylic acid groups (broad SMARTS) is 1. The van der Waals surface area contributed by atoms with Crippen molar-refractivity contribution in [2.24, 2.45) is 0 Å². The fraction of sp³-hybridized carbons (Fsp3) is 0.400. The molecule has 0 aliphatic carbocycles. The minimum atomic E-state index is -0.861. The number of amides is 3. The second kappa shape index (κ2) is 7.56. The lowest BCUT2D eigenvalue weighted by molar-refractivity contribution is -0.142. The molecule has 1 aliphatic rings. The van der Waals surface area contributed by atoms with Crippen LogP contribution in [0.3, 0.4) is 0 Å². The lowest BCUT2D eigenvalue weighted by Crippen LogP contribution is -2.40. The van der Waals surface area contributed by atoms with E-state index in [-0.39, 0.29) is 6.42 Å². The molecule has 1 fully saturated rings. The van der Waals surface area contributed by atoms with E-state index in [0.717, 1.165) is 6.42 Å². The molecule has 1 saturated heterocycles. The van der Waals surface area contributed by atoms with Crippen LogP contribution in [0.15, 0.2) is 30.3 Å². The van der Waals surface area contributed by atoms with Crippen LogP contribution in [0.1, 0.15) is 19.3 Å². The highest BCUT2D eigenvalue weighted by Crippen LogP contribution is 2.17. The fourth-order valence-electron chi connectivity index (χ4n) is 2.49. The van der Waals surface area contributed by atoms with Gasteiger partial charge in [0, 0.05) is 18.7 Å². The van der Waals surface area contributed by atoms with E-state index in [1.165, 1.54) is 0 Å². The minimum Gasteiger partial charge on any atom is -0.480 e. The third-order valence-electron chi connectivity index (χ3n) is 3.56. The van der Waals surface area contributed by atoms with Crippen LogP contribution >= 0.6 is 0 Å². The lowest BCUT2D eigenvalue weighted by atomic mass is 10.2. The summed E-state index contributed by atoms with van der Waals surface area (Å²) >= 11 is 0. The lowest BCUT2D eigenvalue weighted by Gasteiger charge is -2.20. The monoisotopic (exact) mass is 305 g/mol. The van der Waals surface area contributed by atoms with Crippen molar-refractivity contribution < 1.29 is 19.5 Å². The van der Waals surface area contributed by atoms with Crippen molar-refractivity contribution in [3.8, 4) is 0 Å². The highest BCUT2D eigenvalue weighted by molar-refractivity contribution is 6.01. The average Bonchev–Trinajstić information content (AvgIpc) is 2.94. The molecule has 0 radical (unpaired) electrons. The van der Waals surface area contributed by atoms with Gasteiger partial charge in [-0.2, -0.15) is 0 Å². The number of aliphatic carboxylic acids is 1. The number of carboxylic acids is 1. The largest absolute Gasteiger partial charge is 0.480 e. The van der Waals surface area contributed by atoms with E-state index in [9.17, 15) is 14.4 Å². The summed E-state index contributed by atoms with van der Waals surface area (Å²) in [4.78, 5) is 36.2. The molecule has 3 amide bonds. The smallest absolute Gasteiger partial charge is 0.325 e. The van der Waals surface area contributed by atoms with Gasteiger partial charge >= 0.3 is 12.0 Å². The maximum atomic E-state index is 11.7. The second-order valence-electron chi connectivity index (χ2n) is 5.15. The molecule has 3 N–H and O–H groups in total. The Labute approximate surface area is 128 Å². The third kappa shape index (κ3) is 4.56. The maximum absolute atomic E-state index is 11.7. The summed E-state index contributed by atoms with van der Waals surface area (Å²) in [6, 6.07) is 7.69. The molecule has 118 valence electrons. The van der Waals surface area contributed by atoms with Gasteiger partial charge in [0.1, 0.15) is 6.04 Å². The molecule has 1 aliphatic heterocycles. The van der Waals surface area contributed by atoms with Gasteiger partial charge in [-0.3, -0.25) is 19.8 Å². The van der Waals surface area contributed by atoms with Gasteiger partial charge < -0.3 is 10.4 Å². The van der Waals surface area contributed by atoms with Crippen molar-refractivity contribution in [1.82, 2.24) is 10.2 Å². The topological polar surface area (TPSA) is 98.7 Å². The first kappa shape index (κ1) is 16.0. The molecule has 0 unspecified atom stereocenters. The van der Waals surface area contributed by atoms with Crippen molar-refractivity contribution >= 4 is 23.6 Å². The molecule has 1 aromatic carbocycles. The Morgan fingerprint density at radius 3 is 2.64 bits per heavy atom. The quantitative estimate of drug-likeness (QED) is 0.761. The Bertz CT molecular complexity index is 547. The predicted molar refractivity (Wildman–Crippen MR) is 80.5 cm³/mol. The van der Waals surface area contributed by atoms with Crippen LogP contribution < -0.4 is 10.6 Å². The van der Waals surface area contributed by atoms with Gasteiger partial charge in [-0.1, -0.05) is 18.2 Å². The Balaban J connectivity index is 1.73. The molecule has 22 heavy (non-hydrogen) atoms. The van der Waals surface area contributed by atoms with Crippen molar-refractivity contribution in [2.75, 3.05) is 18.4 Å². The van der Waals surface area contributed by atoms with E-state index in [0.29, 0.717) is 25.2 Å². The first-order chi connectivity index (χ1) is 10.6. The van der Waals surface area contributed by atoms with E-state index in [1.54, 1.807) is 29.2 Å². The molecule has 1 heterocycles. The van der Waals surface area contributed by atoms with Crippen LogP contribution in [0.4, 0.5) is 10.5 Å². The summed E-state index contributed by atoms with van der Waals surface area (Å²) in [6.07, 6.45) is 1.50. The van der Waals surface area contributed by atoms with Gasteiger partial charge in [0.05, 0.1) is 0 Å². The van der Waals surface area contributed by atoms with Crippen molar-refractivity contribution in [2.45, 2.75) is 25.3 Å². The van der Waals surface area contributed by atoms with E-state index in [1.807, 2.05) is 6.07 Å². The number of nitrogens with zero attached hydrogens (tertiary/aromatic N) is 1. The van der Waals surface area contributed by atoms with Crippen LogP contribution in [0.2, 0.25) is 0 Å². The van der Waals surface area contributed by atoms with Crippen LogP contribution in [-0.2, 0) is 9.59 Å². The molecule has 7 heteroatoms. The Morgan fingerprint density at radius 2 is 1.95 bits per heavy atom. The number of anilines is 1. The zero-order valence-electron chi connectivity index (χ0n) is 12.1. The zero-order valence-corrected chi connectivity index (χ0v) is 12.1. The number of benzene rings is 1. The molecular weight excluding hydrogens is 286 g/mol. The summed E-state index contributed by atoms with van der Waals surface area (Å²) in [6.45, 7) is 1.00. The molecule has 0 saturated carbocycles. The van der Waals surface area contributed by atoms with Crippen molar-refractivity contribution in [3.05, 3.63) is 30.3 Å². The Kier molecular flexibility index (Phi) is 5.48. The number of rotatable bonds is 5. The number of imide groups is 1. The first-order valence-electron chi connectivity index (χ1n) is 7.19. The summed E-state index contributed by atoms with van der Waals surface area (Å²) in [5.74, 6) is -1.29. The van der Waals surface area contributed by atoms with Gasteiger partial charge in [-0.25, -0.2) is 4.79 Å². The number of nitrogens with one attached hydrogen (secondary N) is 2. The molecule has 0 spiro atoms. The van der Waals surface area contributed by atoms with Gasteiger partial charge in [0.2, 0.25) is 5.91 Å². The SMILES string of the molecule is O=C(CCN1CCC[C@H]1C(=O)O)NC(=O)Nc1ccccc1. The van der Waals surface area contributed by atoms with Crippen LogP contribution in [0, 0.1) is 0 Å². The molecule has 7 nitrogen and oxygen atoms in total. The summed E-state index contributed by atoms with van der Waals surface area (Å²) in [7, 11) is 0. The standard InChI is InChI=1S/C15H19N3O4/c19-13(8-10-18-9-4-7-12(18)14(20)21)17-15(22)16-11-5-2-1-3-6-11/h1-3,5-6,12H,4,7-10H2,(H,20,21)(H2,16,17,19,22)/t12-/m0/s1. The number of hydrogen-bond donors (Lipinski definition) is 3. The molecular formula is C15H19N3O4. The number of carbonyl (C=O) groups excluding carboxylic acids is 2. The highest BCUT2D eigenvalue weighted by atomic mass is 16.4. The number of hydrogen-bond acceptors (Lipinski definition) is 4. The van der Waals surface area contributed by atoms with Crippen LogP contribution in [-0.4, -0.2) is 47.0 Å². The van der Waals surface area contributed by atoms with Crippen LogP contribution in [0.25, 0.3) is 0 Å². The number of urea groups is 1. The van der Waals surface area contributed by atoms with Crippen LogP contribution in [0.5, 0.6) is 0 Å². The Hall–Kier alpha value is -2.41. The summed E-state index contributed by atoms with van der Waals surface area (Å²) < 4.78 is 0. The predicted octanol–water partition coefficient (Wildman–Crippen LogP) is 1.27. The highest BCUT2D eigenvalue weighted by Gasteiger charge is 2.30. The maximum Gasteiger partial charge on any atom is 0.325 e. The number of para-hydroxylation sites is 1. The van der Waals surface area contributed by atoms with Crippen molar-refractivity contribution in [1.29, 1.82) is 0 Å². The molecule has 0 bridgehead atoms. The van der Waals surface area contributed by atoms with E-state index in [4.69, 9.17) is 5.11 Å². The van der Waals surface area contributed by atoms with E-state index >= 15 is 0 Å². The van der Waals surface area contributed by atoms with Gasteiger partial charge in [0.15, 0.2) is 0 Å². The van der Waals surface area contributed by atoms with Gasteiger partial charge in [-0.15, -0.1) is 0 Å². The normalized spacial score (nSPS) is 17.9. The third-order valence-corrected chi connectivity index (χ3v) is 3.56. The molecule has 0 aromatic heterocycles. The van der Waals surface area contributed by atoms with Gasteiger partial charge in [0.25, 0.3) is 0 Å². The molecule has 2 rings (SSSR count).